The Morgan fingerprint density at radius 1 is 1.24 bits per heavy atom. The molecule has 0 bridgehead atoms. The largest absolute Gasteiger partial charge is 0.494 e. The normalized spacial score (nSPS) is 10.4. The topological polar surface area (TPSA) is 26.3 Å². The van der Waals surface area contributed by atoms with Crippen LogP contribution in [0.4, 0.5) is 4.39 Å². The number of hydrogen-bond acceptors (Lipinski definition) is 2. The molecule has 0 aromatic heterocycles. The summed E-state index contributed by atoms with van der Waals surface area (Å²) in [6, 6.07) is 11.4. The first-order valence-electron chi connectivity index (χ1n) is 6.80. The molecule has 0 saturated carbocycles. The molecule has 4 heteroatoms. The molecular formula is C17H16ClFO2. The zero-order chi connectivity index (χ0) is 15.2. The Balaban J connectivity index is 2.10. The van der Waals surface area contributed by atoms with E-state index in [9.17, 15) is 9.18 Å². The van der Waals surface area contributed by atoms with Gasteiger partial charge in [0.2, 0.25) is 0 Å². The first kappa shape index (κ1) is 15.5. The van der Waals surface area contributed by atoms with Crippen molar-refractivity contribution in [3.8, 4) is 5.75 Å². The highest BCUT2D eigenvalue weighted by Crippen LogP contribution is 2.19. The third-order valence-electron chi connectivity index (χ3n) is 2.98. The molecule has 0 spiro atoms. The van der Waals surface area contributed by atoms with Crippen LogP contribution in [-0.4, -0.2) is 12.4 Å². The smallest absolute Gasteiger partial charge is 0.167 e. The first-order chi connectivity index (χ1) is 10.1. The number of Topliss-reactive ketones (excluding diaryl/α,β-unsaturated/α-hetero) is 1. The monoisotopic (exact) mass is 306 g/mol. The van der Waals surface area contributed by atoms with Gasteiger partial charge in [-0.3, -0.25) is 4.79 Å². The Morgan fingerprint density at radius 2 is 2.05 bits per heavy atom. The van der Waals surface area contributed by atoms with E-state index in [-0.39, 0.29) is 17.2 Å². The predicted molar refractivity (Wildman–Crippen MR) is 81.7 cm³/mol. The molecule has 0 atom stereocenters. The second-order valence-corrected chi connectivity index (χ2v) is 5.13. The summed E-state index contributed by atoms with van der Waals surface area (Å²) in [4.78, 5) is 12.2. The van der Waals surface area contributed by atoms with E-state index in [0.717, 1.165) is 6.42 Å². The van der Waals surface area contributed by atoms with Crippen molar-refractivity contribution in [1.29, 1.82) is 0 Å². The van der Waals surface area contributed by atoms with Crippen molar-refractivity contribution < 1.29 is 13.9 Å². The lowest BCUT2D eigenvalue weighted by Gasteiger charge is -2.07. The minimum atomic E-state index is -0.483. The average Bonchev–Trinajstić information content (AvgIpc) is 2.49. The van der Waals surface area contributed by atoms with E-state index in [1.54, 1.807) is 24.3 Å². The van der Waals surface area contributed by atoms with Crippen LogP contribution in [0.5, 0.6) is 5.75 Å². The Bertz CT molecular complexity index is 640. The van der Waals surface area contributed by atoms with Crippen molar-refractivity contribution in [3.05, 3.63) is 64.4 Å². The van der Waals surface area contributed by atoms with Crippen molar-refractivity contribution in [2.24, 2.45) is 0 Å². The van der Waals surface area contributed by atoms with Crippen LogP contribution in [0.25, 0.3) is 0 Å². The predicted octanol–water partition coefficient (Wildman–Crippen LogP) is 4.69. The molecule has 0 fully saturated rings. The van der Waals surface area contributed by atoms with Gasteiger partial charge in [0.05, 0.1) is 11.6 Å². The van der Waals surface area contributed by atoms with Crippen molar-refractivity contribution in [2.75, 3.05) is 6.61 Å². The zero-order valence-corrected chi connectivity index (χ0v) is 12.5. The van der Waals surface area contributed by atoms with E-state index in [0.29, 0.717) is 23.5 Å². The standard InChI is InChI=1S/C17H16ClFO2/c1-2-8-21-14-5-3-4-13(11-14)17(20)10-12-6-7-16(19)15(18)9-12/h3-7,9,11H,2,8,10H2,1H3. The Hall–Kier alpha value is -1.87. The molecule has 0 unspecified atom stereocenters. The third-order valence-corrected chi connectivity index (χ3v) is 3.27. The van der Waals surface area contributed by atoms with Gasteiger partial charge in [-0.2, -0.15) is 0 Å². The maximum absolute atomic E-state index is 13.1. The van der Waals surface area contributed by atoms with Crippen LogP contribution in [0, 0.1) is 5.82 Å². The van der Waals surface area contributed by atoms with E-state index in [1.807, 2.05) is 13.0 Å². The van der Waals surface area contributed by atoms with E-state index in [2.05, 4.69) is 0 Å². The highest BCUT2D eigenvalue weighted by Gasteiger charge is 2.10. The first-order valence-corrected chi connectivity index (χ1v) is 7.18. The van der Waals surface area contributed by atoms with Gasteiger partial charge >= 0.3 is 0 Å². The van der Waals surface area contributed by atoms with Crippen LogP contribution in [-0.2, 0) is 6.42 Å². The highest BCUT2D eigenvalue weighted by molar-refractivity contribution is 6.30. The van der Waals surface area contributed by atoms with Gasteiger partial charge in [0.1, 0.15) is 11.6 Å². The molecule has 2 nitrogen and oxygen atoms in total. The van der Waals surface area contributed by atoms with Crippen LogP contribution in [0.3, 0.4) is 0 Å². The van der Waals surface area contributed by atoms with E-state index >= 15 is 0 Å². The van der Waals surface area contributed by atoms with Crippen LogP contribution in [0.2, 0.25) is 5.02 Å². The lowest BCUT2D eigenvalue weighted by atomic mass is 10.0. The SMILES string of the molecule is CCCOc1cccc(C(=O)Cc2ccc(F)c(Cl)c2)c1. The lowest BCUT2D eigenvalue weighted by molar-refractivity contribution is 0.0992. The number of rotatable bonds is 6. The Labute approximate surface area is 128 Å². The molecule has 0 saturated heterocycles. The number of carbonyl (C=O) groups is 1. The van der Waals surface area contributed by atoms with Crippen LogP contribution in [0.1, 0.15) is 29.3 Å². The fourth-order valence-electron chi connectivity index (χ4n) is 1.92. The number of halogens is 2. The molecule has 0 N–H and O–H groups in total. The van der Waals surface area contributed by atoms with Gasteiger partial charge in [-0.25, -0.2) is 4.39 Å². The third kappa shape index (κ3) is 4.30. The van der Waals surface area contributed by atoms with Crippen LogP contribution < -0.4 is 4.74 Å². The van der Waals surface area contributed by atoms with Crippen molar-refractivity contribution in [1.82, 2.24) is 0 Å². The average molecular weight is 307 g/mol. The van der Waals surface area contributed by atoms with E-state index in [4.69, 9.17) is 16.3 Å². The van der Waals surface area contributed by atoms with Gasteiger partial charge in [-0.1, -0.05) is 36.7 Å². The van der Waals surface area contributed by atoms with Crippen molar-refractivity contribution in [2.45, 2.75) is 19.8 Å². The number of ether oxygens (including phenoxy) is 1. The minimum Gasteiger partial charge on any atom is -0.494 e. The van der Waals surface area contributed by atoms with E-state index in [1.165, 1.54) is 12.1 Å². The molecule has 2 rings (SSSR count). The Morgan fingerprint density at radius 3 is 2.76 bits per heavy atom. The molecule has 0 heterocycles. The van der Waals surface area contributed by atoms with Gasteiger partial charge in [-0.15, -0.1) is 0 Å². The molecule has 0 radical (unpaired) electrons. The second kappa shape index (κ2) is 7.23. The molecule has 0 aliphatic carbocycles. The highest BCUT2D eigenvalue weighted by atomic mass is 35.5. The lowest BCUT2D eigenvalue weighted by Crippen LogP contribution is -2.04. The van der Waals surface area contributed by atoms with Gasteiger partial charge in [0.15, 0.2) is 5.78 Å². The fourth-order valence-corrected chi connectivity index (χ4v) is 2.12. The number of hydrogen-bond donors (Lipinski definition) is 0. The summed E-state index contributed by atoms with van der Waals surface area (Å²) in [6.07, 6.45) is 1.09. The molecule has 0 aliphatic heterocycles. The Kier molecular flexibility index (Phi) is 5.34. The minimum absolute atomic E-state index is 0.0281. The van der Waals surface area contributed by atoms with Gasteiger partial charge in [0.25, 0.3) is 0 Å². The molecular weight excluding hydrogens is 291 g/mol. The molecule has 110 valence electrons. The van der Waals surface area contributed by atoms with Crippen molar-refractivity contribution >= 4 is 17.4 Å². The summed E-state index contributed by atoms with van der Waals surface area (Å²) >= 11 is 5.72. The van der Waals surface area contributed by atoms with Gasteiger partial charge in [-0.05, 0) is 36.2 Å². The number of benzene rings is 2. The maximum Gasteiger partial charge on any atom is 0.167 e. The number of carbonyl (C=O) groups excluding carboxylic acids is 1. The summed E-state index contributed by atoms with van der Waals surface area (Å²) in [5.41, 5.74) is 1.26. The quantitative estimate of drug-likeness (QED) is 0.723. The second-order valence-electron chi connectivity index (χ2n) is 4.72. The number of ketones is 1. The summed E-state index contributed by atoms with van der Waals surface area (Å²) in [7, 11) is 0. The summed E-state index contributed by atoms with van der Waals surface area (Å²) in [5.74, 6) is 0.141. The zero-order valence-electron chi connectivity index (χ0n) is 11.7. The van der Waals surface area contributed by atoms with Gasteiger partial charge < -0.3 is 4.74 Å². The fraction of sp³-hybridized carbons (Fsp3) is 0.235. The molecule has 0 aliphatic rings. The molecule has 0 amide bonds. The van der Waals surface area contributed by atoms with Crippen LogP contribution in [0.15, 0.2) is 42.5 Å². The summed E-state index contributed by atoms with van der Waals surface area (Å²) < 4.78 is 18.6. The molecule has 2 aromatic rings. The molecule has 21 heavy (non-hydrogen) atoms. The van der Waals surface area contributed by atoms with Crippen molar-refractivity contribution in [3.63, 3.8) is 0 Å². The summed E-state index contributed by atoms with van der Waals surface area (Å²) in [5, 5.41) is 0.0281. The van der Waals surface area contributed by atoms with E-state index < -0.39 is 5.82 Å². The maximum atomic E-state index is 13.1. The van der Waals surface area contributed by atoms with Crippen LogP contribution >= 0.6 is 11.6 Å². The summed E-state index contributed by atoms with van der Waals surface area (Å²) in [6.45, 7) is 2.64. The van der Waals surface area contributed by atoms with Gasteiger partial charge in [0, 0.05) is 12.0 Å². The molecule has 2 aromatic carbocycles.